The van der Waals surface area contributed by atoms with Crippen molar-refractivity contribution in [3.63, 3.8) is 0 Å². The van der Waals surface area contributed by atoms with Crippen molar-refractivity contribution in [3.05, 3.63) is 24.0 Å². The maximum absolute atomic E-state index is 13.8. The van der Waals surface area contributed by atoms with Crippen LogP contribution < -0.4 is 4.74 Å². The molecule has 1 fully saturated rings. The van der Waals surface area contributed by atoms with Gasteiger partial charge in [0, 0.05) is 12.5 Å². The van der Waals surface area contributed by atoms with Crippen LogP contribution in [0.2, 0.25) is 0 Å². The van der Waals surface area contributed by atoms with E-state index in [1.165, 1.54) is 12.1 Å². The third-order valence-electron chi connectivity index (χ3n) is 4.19. The van der Waals surface area contributed by atoms with Crippen LogP contribution in [0.25, 0.3) is 0 Å². The molecule has 0 atom stereocenters. The summed E-state index contributed by atoms with van der Waals surface area (Å²) >= 11 is 0. The van der Waals surface area contributed by atoms with Crippen molar-refractivity contribution in [2.45, 2.75) is 50.8 Å². The number of aldehydes is 1. The molecule has 0 bridgehead atoms. The van der Waals surface area contributed by atoms with E-state index in [0.717, 1.165) is 25.2 Å². The molecule has 4 nitrogen and oxygen atoms in total. The molecule has 1 aromatic carbocycles. The van der Waals surface area contributed by atoms with Gasteiger partial charge in [-0.3, -0.25) is 0 Å². The minimum atomic E-state index is -3.55. The molecule has 24 heavy (non-hydrogen) atoms. The van der Waals surface area contributed by atoms with Gasteiger partial charge in [-0.2, -0.15) is 0 Å². The first-order valence-corrected chi connectivity index (χ1v) is 9.97. The summed E-state index contributed by atoms with van der Waals surface area (Å²) in [7, 11) is -3.55. The second kappa shape index (κ2) is 7.64. The lowest BCUT2D eigenvalue weighted by molar-refractivity contribution is -0.108. The van der Waals surface area contributed by atoms with Crippen LogP contribution in [-0.4, -0.2) is 27.1 Å². The van der Waals surface area contributed by atoms with Crippen LogP contribution in [0.4, 0.5) is 4.39 Å². The van der Waals surface area contributed by atoms with Crippen LogP contribution in [0, 0.1) is 17.2 Å². The second-order valence-corrected chi connectivity index (χ2v) is 9.32. The molecule has 1 aromatic rings. The number of ether oxygens (including phenoxy) is 1. The highest BCUT2D eigenvalue weighted by atomic mass is 32.2. The smallest absolute Gasteiger partial charge is 0.179 e. The van der Waals surface area contributed by atoms with Crippen LogP contribution in [0.3, 0.4) is 0 Å². The van der Waals surface area contributed by atoms with E-state index in [1.807, 2.05) is 13.8 Å². The maximum Gasteiger partial charge on any atom is 0.179 e. The summed E-state index contributed by atoms with van der Waals surface area (Å²) in [4.78, 5) is 10.5. The summed E-state index contributed by atoms with van der Waals surface area (Å²) in [5.74, 6) is -0.130. The van der Waals surface area contributed by atoms with Crippen molar-refractivity contribution in [2.75, 3.05) is 12.4 Å². The molecule has 1 saturated carbocycles. The highest BCUT2D eigenvalue weighted by Gasteiger charge is 2.28. The first kappa shape index (κ1) is 18.9. The van der Waals surface area contributed by atoms with Gasteiger partial charge in [-0.1, -0.05) is 13.8 Å². The van der Waals surface area contributed by atoms with Crippen molar-refractivity contribution < 1.29 is 22.3 Å². The van der Waals surface area contributed by atoms with Gasteiger partial charge >= 0.3 is 0 Å². The number of benzene rings is 1. The summed E-state index contributed by atoms with van der Waals surface area (Å²) in [6.45, 7) is 4.16. The Hall–Kier alpha value is -1.43. The molecular weight excluding hydrogens is 331 g/mol. The Morgan fingerprint density at radius 3 is 2.67 bits per heavy atom. The Bertz CT molecular complexity index is 678. The molecule has 0 unspecified atom stereocenters. The second-order valence-electron chi connectivity index (χ2n) is 7.33. The average Bonchev–Trinajstić information content (AvgIpc) is 3.29. The number of halogens is 1. The van der Waals surface area contributed by atoms with E-state index in [2.05, 4.69) is 0 Å². The molecule has 0 saturated heterocycles. The topological polar surface area (TPSA) is 60.4 Å². The van der Waals surface area contributed by atoms with Crippen molar-refractivity contribution >= 4 is 16.1 Å². The predicted molar refractivity (Wildman–Crippen MR) is 90.4 cm³/mol. The summed E-state index contributed by atoms with van der Waals surface area (Å²) in [6, 6.07) is 3.72. The highest BCUT2D eigenvalue weighted by molar-refractivity contribution is 7.91. The fourth-order valence-electron chi connectivity index (χ4n) is 2.61. The Labute approximate surface area is 143 Å². The summed E-state index contributed by atoms with van der Waals surface area (Å²) in [6.07, 6.45) is 4.72. The molecule has 2 rings (SSSR count). The first-order chi connectivity index (χ1) is 11.2. The number of hydrogen-bond acceptors (Lipinski definition) is 4. The number of carbonyl (C=O) groups excluding carboxylic acids is 1. The number of sulfone groups is 1. The fraction of sp³-hybridized carbons (Fsp3) is 0.611. The monoisotopic (exact) mass is 356 g/mol. The van der Waals surface area contributed by atoms with E-state index < -0.39 is 21.1 Å². The SMILES string of the molecule is CC(C)(CCCC=O)CS(=O)(=O)c1ccc(F)c(OCC2CC2)c1. The molecule has 134 valence electrons. The molecule has 0 aromatic heterocycles. The van der Waals surface area contributed by atoms with Gasteiger partial charge in [0.25, 0.3) is 0 Å². The quantitative estimate of drug-likeness (QED) is 0.364. The van der Waals surface area contributed by atoms with Gasteiger partial charge in [0.15, 0.2) is 21.4 Å². The van der Waals surface area contributed by atoms with Gasteiger partial charge in [0.1, 0.15) is 6.29 Å². The number of rotatable bonds is 10. The number of carbonyl (C=O) groups is 1. The molecular formula is C18H25FO4S. The van der Waals surface area contributed by atoms with E-state index in [0.29, 0.717) is 31.8 Å². The zero-order chi connectivity index (χ0) is 17.8. The Morgan fingerprint density at radius 2 is 2.04 bits per heavy atom. The fourth-order valence-corrected chi connectivity index (χ4v) is 4.52. The van der Waals surface area contributed by atoms with Gasteiger partial charge in [0.05, 0.1) is 17.3 Å². The van der Waals surface area contributed by atoms with E-state index in [9.17, 15) is 17.6 Å². The molecule has 0 heterocycles. The minimum Gasteiger partial charge on any atom is -0.490 e. The molecule has 6 heteroatoms. The maximum atomic E-state index is 13.8. The van der Waals surface area contributed by atoms with Crippen molar-refractivity contribution in [1.82, 2.24) is 0 Å². The third kappa shape index (κ3) is 5.58. The largest absolute Gasteiger partial charge is 0.490 e. The van der Waals surface area contributed by atoms with Crippen molar-refractivity contribution in [1.29, 1.82) is 0 Å². The van der Waals surface area contributed by atoms with E-state index in [1.54, 1.807) is 0 Å². The van der Waals surface area contributed by atoms with Gasteiger partial charge in [-0.15, -0.1) is 0 Å². The van der Waals surface area contributed by atoms with Crippen LogP contribution in [-0.2, 0) is 14.6 Å². The first-order valence-electron chi connectivity index (χ1n) is 8.32. The minimum absolute atomic E-state index is 0.00161. The van der Waals surface area contributed by atoms with Crippen molar-refractivity contribution in [2.24, 2.45) is 11.3 Å². The zero-order valence-electron chi connectivity index (χ0n) is 14.3. The zero-order valence-corrected chi connectivity index (χ0v) is 15.1. The van der Waals surface area contributed by atoms with Crippen LogP contribution in [0.1, 0.15) is 46.0 Å². The molecule has 1 aliphatic rings. The van der Waals surface area contributed by atoms with Gasteiger partial charge in [-0.25, -0.2) is 12.8 Å². The lowest BCUT2D eigenvalue weighted by Gasteiger charge is -2.24. The highest BCUT2D eigenvalue weighted by Crippen LogP contribution is 2.32. The Balaban J connectivity index is 2.09. The number of hydrogen-bond donors (Lipinski definition) is 0. The van der Waals surface area contributed by atoms with Crippen molar-refractivity contribution in [3.8, 4) is 5.75 Å². The van der Waals surface area contributed by atoms with Gasteiger partial charge in [0.2, 0.25) is 0 Å². The third-order valence-corrected chi connectivity index (χ3v) is 6.32. The molecule has 0 N–H and O–H groups in total. The van der Waals surface area contributed by atoms with Crippen LogP contribution >= 0.6 is 0 Å². The molecule has 0 amide bonds. The Kier molecular flexibility index (Phi) is 6.01. The standard InChI is InChI=1S/C18H25FO4S/c1-18(2,9-3-4-10-20)13-24(21,22)15-7-8-16(19)17(11-15)23-12-14-5-6-14/h7-8,10-11,14H,3-6,9,12-13H2,1-2H3. The summed E-state index contributed by atoms with van der Waals surface area (Å²) < 4.78 is 44.5. The van der Waals surface area contributed by atoms with Crippen LogP contribution in [0.5, 0.6) is 5.75 Å². The molecule has 0 spiro atoms. The summed E-state index contributed by atoms with van der Waals surface area (Å²) in [5.41, 5.74) is -0.453. The molecule has 0 radical (unpaired) electrons. The van der Waals surface area contributed by atoms with Crippen LogP contribution in [0.15, 0.2) is 23.1 Å². The predicted octanol–water partition coefficient (Wildman–Crippen LogP) is 3.78. The van der Waals surface area contributed by atoms with E-state index in [-0.39, 0.29) is 16.4 Å². The van der Waals surface area contributed by atoms with Gasteiger partial charge in [-0.05, 0) is 49.1 Å². The lowest BCUT2D eigenvalue weighted by atomic mass is 9.90. The average molecular weight is 356 g/mol. The molecule has 1 aliphatic carbocycles. The molecule has 0 aliphatic heterocycles. The van der Waals surface area contributed by atoms with E-state index >= 15 is 0 Å². The number of unbranched alkanes of at least 4 members (excludes halogenated alkanes) is 1. The summed E-state index contributed by atoms with van der Waals surface area (Å²) in [5, 5.41) is 0. The Morgan fingerprint density at radius 1 is 1.33 bits per heavy atom. The van der Waals surface area contributed by atoms with Gasteiger partial charge < -0.3 is 9.53 Å². The van der Waals surface area contributed by atoms with E-state index in [4.69, 9.17) is 4.74 Å². The lowest BCUT2D eigenvalue weighted by Crippen LogP contribution is -2.24. The normalized spacial score (nSPS) is 15.3.